The first-order valence-corrected chi connectivity index (χ1v) is 2.79. The standard InChI is InChI=1S/C5H8F3NO2/c1-2(3(6)7)5(8,9)4(10)11/h2-3H,9H2,1H3,(H,10,11). The molecule has 0 bridgehead atoms. The maximum Gasteiger partial charge on any atom is 0.357 e. The zero-order valence-corrected chi connectivity index (χ0v) is 5.72. The maximum atomic E-state index is 12.6. The number of carbonyl (C=O) groups is 1. The van der Waals surface area contributed by atoms with E-state index in [1.807, 2.05) is 0 Å². The number of hydrogen-bond donors (Lipinski definition) is 2. The average molecular weight is 171 g/mol. The van der Waals surface area contributed by atoms with E-state index < -0.39 is 24.1 Å². The predicted octanol–water partition coefficient (Wildman–Crippen LogP) is 0.597. The molecule has 0 amide bonds. The van der Waals surface area contributed by atoms with Crippen LogP contribution in [0.15, 0.2) is 0 Å². The second-order valence-corrected chi connectivity index (χ2v) is 2.20. The Morgan fingerprint density at radius 1 is 1.64 bits per heavy atom. The summed E-state index contributed by atoms with van der Waals surface area (Å²) in [5.74, 6) is -7.45. The van der Waals surface area contributed by atoms with Crippen LogP contribution in [0.25, 0.3) is 0 Å². The van der Waals surface area contributed by atoms with Crippen molar-refractivity contribution in [1.29, 1.82) is 0 Å². The van der Waals surface area contributed by atoms with Gasteiger partial charge in [0.2, 0.25) is 6.43 Å². The summed E-state index contributed by atoms with van der Waals surface area (Å²) in [6.07, 6.45) is -3.08. The second-order valence-electron chi connectivity index (χ2n) is 2.20. The predicted molar refractivity (Wildman–Crippen MR) is 30.8 cm³/mol. The van der Waals surface area contributed by atoms with Gasteiger partial charge in [0.25, 0.3) is 5.79 Å². The van der Waals surface area contributed by atoms with Crippen LogP contribution in [-0.4, -0.2) is 23.3 Å². The summed E-state index contributed by atoms with van der Waals surface area (Å²) in [5, 5.41) is 8.03. The van der Waals surface area contributed by atoms with E-state index in [9.17, 15) is 18.0 Å². The molecule has 0 rings (SSSR count). The van der Waals surface area contributed by atoms with Gasteiger partial charge in [-0.3, -0.25) is 5.73 Å². The SMILES string of the molecule is CC(C(F)F)C(N)(F)C(=O)O. The van der Waals surface area contributed by atoms with Gasteiger partial charge in [-0.1, -0.05) is 6.92 Å². The summed E-state index contributed by atoms with van der Waals surface area (Å²) in [4.78, 5) is 9.93. The van der Waals surface area contributed by atoms with Gasteiger partial charge in [0.15, 0.2) is 0 Å². The van der Waals surface area contributed by atoms with Crippen LogP contribution in [0.2, 0.25) is 0 Å². The van der Waals surface area contributed by atoms with Crippen LogP contribution in [0.1, 0.15) is 6.92 Å². The number of hydrogen-bond acceptors (Lipinski definition) is 2. The molecule has 3 nitrogen and oxygen atoms in total. The van der Waals surface area contributed by atoms with Gasteiger partial charge >= 0.3 is 5.97 Å². The van der Waals surface area contributed by atoms with Gasteiger partial charge in [-0.05, 0) is 0 Å². The number of alkyl halides is 3. The van der Waals surface area contributed by atoms with Gasteiger partial charge < -0.3 is 5.11 Å². The minimum absolute atomic E-state index is 0.735. The number of nitrogens with two attached hydrogens (primary N) is 1. The molecule has 0 aromatic carbocycles. The Morgan fingerprint density at radius 2 is 2.00 bits per heavy atom. The molecule has 0 spiro atoms. The molecule has 0 aromatic rings. The summed E-state index contributed by atoms with van der Waals surface area (Å²) in [7, 11) is 0. The van der Waals surface area contributed by atoms with E-state index in [1.165, 1.54) is 0 Å². The van der Waals surface area contributed by atoms with E-state index in [4.69, 9.17) is 5.11 Å². The molecule has 2 atom stereocenters. The molecule has 0 radical (unpaired) electrons. The Morgan fingerprint density at radius 3 is 2.09 bits per heavy atom. The smallest absolute Gasteiger partial charge is 0.357 e. The highest BCUT2D eigenvalue weighted by molar-refractivity contribution is 5.76. The maximum absolute atomic E-state index is 12.6. The van der Waals surface area contributed by atoms with Crippen molar-refractivity contribution in [2.45, 2.75) is 19.1 Å². The van der Waals surface area contributed by atoms with Crippen LogP contribution in [0.5, 0.6) is 0 Å². The molecule has 6 heteroatoms. The van der Waals surface area contributed by atoms with Crippen molar-refractivity contribution in [3.05, 3.63) is 0 Å². The highest BCUT2D eigenvalue weighted by Crippen LogP contribution is 2.22. The van der Waals surface area contributed by atoms with Gasteiger partial charge in [0.05, 0.1) is 5.92 Å². The zero-order chi connectivity index (χ0) is 9.23. The number of carboxylic acids is 1. The fourth-order valence-corrected chi connectivity index (χ4v) is 0.378. The lowest BCUT2D eigenvalue weighted by Gasteiger charge is -2.21. The Labute approximate surface area is 61.0 Å². The summed E-state index contributed by atoms with van der Waals surface area (Å²) < 4.78 is 36.0. The molecule has 0 aromatic heterocycles. The van der Waals surface area contributed by atoms with Crippen molar-refractivity contribution < 1.29 is 23.1 Å². The first-order chi connectivity index (χ1) is 4.80. The fraction of sp³-hybridized carbons (Fsp3) is 0.800. The van der Waals surface area contributed by atoms with E-state index in [1.54, 1.807) is 0 Å². The molecule has 66 valence electrons. The van der Waals surface area contributed by atoms with Crippen LogP contribution in [0.4, 0.5) is 13.2 Å². The van der Waals surface area contributed by atoms with Crippen LogP contribution >= 0.6 is 0 Å². The monoisotopic (exact) mass is 171 g/mol. The first kappa shape index (κ1) is 10.2. The Kier molecular flexibility index (Phi) is 2.86. The van der Waals surface area contributed by atoms with Crippen molar-refractivity contribution in [2.24, 2.45) is 11.7 Å². The van der Waals surface area contributed by atoms with Gasteiger partial charge in [0.1, 0.15) is 0 Å². The van der Waals surface area contributed by atoms with E-state index in [0.717, 1.165) is 6.92 Å². The number of carboxylic acid groups (broad SMARTS) is 1. The van der Waals surface area contributed by atoms with Crippen molar-refractivity contribution in [3.63, 3.8) is 0 Å². The molecule has 0 aliphatic carbocycles. The average Bonchev–Trinajstić information content (AvgIpc) is 1.85. The highest BCUT2D eigenvalue weighted by atomic mass is 19.3. The zero-order valence-electron chi connectivity index (χ0n) is 5.72. The number of rotatable bonds is 3. The molecule has 0 aliphatic heterocycles. The molecule has 3 N–H and O–H groups in total. The summed E-state index contributed by atoms with van der Waals surface area (Å²) in [6, 6.07) is 0. The largest absolute Gasteiger partial charge is 0.478 e. The van der Waals surface area contributed by atoms with Gasteiger partial charge in [-0.15, -0.1) is 0 Å². The lowest BCUT2D eigenvalue weighted by atomic mass is 10.0. The van der Waals surface area contributed by atoms with E-state index in [-0.39, 0.29) is 0 Å². The van der Waals surface area contributed by atoms with Crippen LogP contribution in [0.3, 0.4) is 0 Å². The van der Waals surface area contributed by atoms with Crippen LogP contribution < -0.4 is 5.73 Å². The summed E-state index contributed by atoms with van der Waals surface area (Å²) in [6.45, 7) is 0.735. The highest BCUT2D eigenvalue weighted by Gasteiger charge is 2.44. The molecule has 0 aliphatic rings. The quantitative estimate of drug-likeness (QED) is 0.611. The molecular formula is C5H8F3NO2. The van der Waals surface area contributed by atoms with Crippen LogP contribution in [-0.2, 0) is 4.79 Å². The Balaban J connectivity index is 4.42. The number of aliphatic carboxylic acids is 1. The van der Waals surface area contributed by atoms with Gasteiger partial charge in [-0.2, -0.15) is 0 Å². The fourth-order valence-electron chi connectivity index (χ4n) is 0.378. The van der Waals surface area contributed by atoms with Crippen LogP contribution in [0, 0.1) is 5.92 Å². The summed E-state index contributed by atoms with van der Waals surface area (Å²) >= 11 is 0. The normalized spacial score (nSPS) is 19.5. The molecule has 0 heterocycles. The van der Waals surface area contributed by atoms with Crippen molar-refractivity contribution >= 4 is 5.97 Å². The van der Waals surface area contributed by atoms with E-state index in [2.05, 4.69) is 5.73 Å². The van der Waals surface area contributed by atoms with Gasteiger partial charge in [0, 0.05) is 0 Å². The summed E-state index contributed by atoms with van der Waals surface area (Å²) in [5.41, 5.74) is 4.46. The Hall–Kier alpha value is -0.780. The third-order valence-electron chi connectivity index (χ3n) is 1.37. The van der Waals surface area contributed by atoms with Crippen molar-refractivity contribution in [3.8, 4) is 0 Å². The van der Waals surface area contributed by atoms with Crippen molar-refractivity contribution in [1.82, 2.24) is 0 Å². The minimum atomic E-state index is -3.35. The van der Waals surface area contributed by atoms with E-state index in [0.29, 0.717) is 0 Å². The lowest BCUT2D eigenvalue weighted by molar-refractivity contribution is -0.159. The second kappa shape index (κ2) is 3.08. The molecule has 0 fully saturated rings. The molecule has 11 heavy (non-hydrogen) atoms. The van der Waals surface area contributed by atoms with Crippen molar-refractivity contribution in [2.75, 3.05) is 0 Å². The third-order valence-corrected chi connectivity index (χ3v) is 1.37. The molecule has 2 unspecified atom stereocenters. The lowest BCUT2D eigenvalue weighted by Crippen LogP contribution is -2.51. The molecular weight excluding hydrogens is 163 g/mol. The molecule has 0 saturated heterocycles. The topological polar surface area (TPSA) is 63.3 Å². The first-order valence-electron chi connectivity index (χ1n) is 2.79. The Bertz CT molecular complexity index is 160. The minimum Gasteiger partial charge on any atom is -0.478 e. The third kappa shape index (κ3) is 2.07. The molecule has 0 saturated carbocycles. The number of halogens is 3. The van der Waals surface area contributed by atoms with E-state index >= 15 is 0 Å². The van der Waals surface area contributed by atoms with Gasteiger partial charge in [-0.25, -0.2) is 18.0 Å².